The van der Waals surface area contributed by atoms with Crippen molar-refractivity contribution in [3.05, 3.63) is 0 Å². The van der Waals surface area contributed by atoms with Gasteiger partial charge in [0, 0.05) is 38.3 Å². The molecule has 0 saturated carbocycles. The number of amides is 1. The largest absolute Gasteiger partial charge is 0.381 e. The second-order valence-corrected chi connectivity index (χ2v) is 4.20. The molecule has 0 bridgehead atoms. The van der Waals surface area contributed by atoms with E-state index in [1.54, 1.807) is 0 Å². The van der Waals surface area contributed by atoms with Gasteiger partial charge >= 0.3 is 0 Å². The van der Waals surface area contributed by atoms with E-state index in [4.69, 9.17) is 10.5 Å². The van der Waals surface area contributed by atoms with Gasteiger partial charge in [-0.3, -0.25) is 4.79 Å². The third-order valence-corrected chi connectivity index (χ3v) is 2.79. The number of nitrogens with zero attached hydrogens (tertiary/aromatic N) is 1. The SMILES string of the molecule is CCN(C(=O)CC(C)N)C1CCOCC1. The van der Waals surface area contributed by atoms with Gasteiger partial charge in [0.25, 0.3) is 0 Å². The smallest absolute Gasteiger partial charge is 0.224 e. The molecule has 1 aliphatic rings. The molecule has 1 atom stereocenters. The topological polar surface area (TPSA) is 55.6 Å². The van der Waals surface area contributed by atoms with Gasteiger partial charge in [-0.05, 0) is 26.7 Å². The third-order valence-electron chi connectivity index (χ3n) is 2.79. The van der Waals surface area contributed by atoms with Crippen LogP contribution >= 0.6 is 0 Å². The molecule has 4 heteroatoms. The summed E-state index contributed by atoms with van der Waals surface area (Å²) in [7, 11) is 0. The summed E-state index contributed by atoms with van der Waals surface area (Å²) in [6, 6.07) is 0.307. The van der Waals surface area contributed by atoms with E-state index in [-0.39, 0.29) is 11.9 Å². The lowest BCUT2D eigenvalue weighted by Gasteiger charge is -2.34. The molecule has 1 amide bonds. The molecule has 1 fully saturated rings. The van der Waals surface area contributed by atoms with Crippen LogP contribution in [-0.2, 0) is 9.53 Å². The molecule has 0 aliphatic carbocycles. The number of hydrogen-bond acceptors (Lipinski definition) is 3. The maximum atomic E-state index is 11.9. The number of carbonyl (C=O) groups excluding carboxylic acids is 1. The number of ether oxygens (including phenoxy) is 1. The first kappa shape index (κ1) is 12.5. The minimum Gasteiger partial charge on any atom is -0.381 e. The van der Waals surface area contributed by atoms with Crippen molar-refractivity contribution in [2.75, 3.05) is 19.8 Å². The fourth-order valence-electron chi connectivity index (χ4n) is 2.03. The summed E-state index contributed by atoms with van der Waals surface area (Å²) in [6.07, 6.45) is 2.36. The molecule has 4 nitrogen and oxygen atoms in total. The zero-order chi connectivity index (χ0) is 11.3. The fraction of sp³-hybridized carbons (Fsp3) is 0.909. The second kappa shape index (κ2) is 6.08. The van der Waals surface area contributed by atoms with E-state index in [9.17, 15) is 4.79 Å². The molecular formula is C11H22N2O2. The van der Waals surface area contributed by atoms with Crippen molar-refractivity contribution in [3.63, 3.8) is 0 Å². The maximum absolute atomic E-state index is 11.9. The van der Waals surface area contributed by atoms with E-state index in [2.05, 4.69) is 0 Å². The Morgan fingerprint density at radius 2 is 2.13 bits per heavy atom. The molecule has 0 aromatic rings. The summed E-state index contributed by atoms with van der Waals surface area (Å²) >= 11 is 0. The summed E-state index contributed by atoms with van der Waals surface area (Å²) in [5.41, 5.74) is 5.64. The van der Waals surface area contributed by atoms with E-state index in [1.807, 2.05) is 18.7 Å². The van der Waals surface area contributed by atoms with E-state index < -0.39 is 0 Å². The first-order chi connectivity index (χ1) is 7.15. The van der Waals surface area contributed by atoms with Gasteiger partial charge in [0.05, 0.1) is 0 Å². The molecule has 1 aliphatic heterocycles. The number of nitrogens with two attached hydrogens (primary N) is 1. The van der Waals surface area contributed by atoms with Crippen molar-refractivity contribution in [1.82, 2.24) is 4.90 Å². The normalized spacial score (nSPS) is 19.9. The summed E-state index contributed by atoms with van der Waals surface area (Å²) < 4.78 is 5.29. The van der Waals surface area contributed by atoms with Crippen LogP contribution in [0.25, 0.3) is 0 Å². The van der Waals surface area contributed by atoms with Gasteiger partial charge in [-0.2, -0.15) is 0 Å². The van der Waals surface area contributed by atoms with Gasteiger partial charge < -0.3 is 15.4 Å². The van der Waals surface area contributed by atoms with Crippen LogP contribution in [0.15, 0.2) is 0 Å². The molecule has 1 heterocycles. The number of hydrogen-bond donors (Lipinski definition) is 1. The zero-order valence-electron chi connectivity index (χ0n) is 9.74. The Morgan fingerprint density at radius 3 is 2.60 bits per heavy atom. The fourth-order valence-corrected chi connectivity index (χ4v) is 2.03. The molecule has 0 radical (unpaired) electrons. The summed E-state index contributed by atoms with van der Waals surface area (Å²) in [6.45, 7) is 6.21. The van der Waals surface area contributed by atoms with Gasteiger partial charge in [0.2, 0.25) is 5.91 Å². The summed E-state index contributed by atoms with van der Waals surface area (Å²) in [5, 5.41) is 0. The highest BCUT2D eigenvalue weighted by Gasteiger charge is 2.24. The molecule has 15 heavy (non-hydrogen) atoms. The first-order valence-electron chi connectivity index (χ1n) is 5.78. The maximum Gasteiger partial charge on any atom is 0.224 e. The lowest BCUT2D eigenvalue weighted by atomic mass is 10.1. The predicted molar refractivity (Wildman–Crippen MR) is 59.5 cm³/mol. The molecule has 1 unspecified atom stereocenters. The van der Waals surface area contributed by atoms with Gasteiger partial charge in [0.1, 0.15) is 0 Å². The number of carbonyl (C=O) groups is 1. The van der Waals surface area contributed by atoms with Crippen molar-refractivity contribution in [2.45, 2.75) is 45.2 Å². The molecule has 2 N–H and O–H groups in total. The van der Waals surface area contributed by atoms with Crippen molar-refractivity contribution in [3.8, 4) is 0 Å². The Hall–Kier alpha value is -0.610. The van der Waals surface area contributed by atoms with Crippen molar-refractivity contribution < 1.29 is 9.53 Å². The first-order valence-corrected chi connectivity index (χ1v) is 5.78. The van der Waals surface area contributed by atoms with Crippen molar-refractivity contribution >= 4 is 5.91 Å². The van der Waals surface area contributed by atoms with Gasteiger partial charge in [-0.15, -0.1) is 0 Å². The van der Waals surface area contributed by atoms with Crippen molar-refractivity contribution in [2.24, 2.45) is 5.73 Å². The molecule has 0 aromatic heterocycles. The highest BCUT2D eigenvalue weighted by atomic mass is 16.5. The summed E-state index contributed by atoms with van der Waals surface area (Å²) in [4.78, 5) is 13.8. The Bertz CT molecular complexity index is 201. The molecular weight excluding hydrogens is 192 g/mol. The standard InChI is InChI=1S/C11H22N2O2/c1-3-13(11(14)8-9(2)12)10-4-6-15-7-5-10/h9-10H,3-8,12H2,1-2H3. The molecule has 0 spiro atoms. The molecule has 88 valence electrons. The quantitative estimate of drug-likeness (QED) is 0.751. The van der Waals surface area contributed by atoms with Gasteiger partial charge in [-0.25, -0.2) is 0 Å². The van der Waals surface area contributed by atoms with E-state index in [0.717, 1.165) is 32.6 Å². The Morgan fingerprint density at radius 1 is 1.53 bits per heavy atom. The Labute approximate surface area is 91.8 Å². The van der Waals surface area contributed by atoms with Gasteiger partial charge in [-0.1, -0.05) is 0 Å². The second-order valence-electron chi connectivity index (χ2n) is 4.20. The highest BCUT2D eigenvalue weighted by Crippen LogP contribution is 2.15. The van der Waals surface area contributed by atoms with Crippen LogP contribution in [0.1, 0.15) is 33.1 Å². The van der Waals surface area contributed by atoms with Crippen LogP contribution < -0.4 is 5.73 Å². The van der Waals surface area contributed by atoms with Crippen LogP contribution in [0.3, 0.4) is 0 Å². The molecule has 1 saturated heterocycles. The third kappa shape index (κ3) is 3.80. The molecule has 1 rings (SSSR count). The van der Waals surface area contributed by atoms with Crippen LogP contribution in [-0.4, -0.2) is 42.6 Å². The summed E-state index contributed by atoms with van der Waals surface area (Å²) in [5.74, 6) is 0.180. The van der Waals surface area contributed by atoms with E-state index in [0.29, 0.717) is 12.5 Å². The van der Waals surface area contributed by atoms with E-state index >= 15 is 0 Å². The average molecular weight is 214 g/mol. The predicted octanol–water partition coefficient (Wildman–Crippen LogP) is 0.751. The van der Waals surface area contributed by atoms with Gasteiger partial charge in [0.15, 0.2) is 0 Å². The minimum atomic E-state index is -0.0496. The minimum absolute atomic E-state index is 0.0496. The lowest BCUT2D eigenvalue weighted by Crippen LogP contribution is -2.44. The van der Waals surface area contributed by atoms with Crippen LogP contribution in [0, 0.1) is 0 Å². The van der Waals surface area contributed by atoms with E-state index in [1.165, 1.54) is 0 Å². The van der Waals surface area contributed by atoms with Crippen LogP contribution in [0.5, 0.6) is 0 Å². The lowest BCUT2D eigenvalue weighted by molar-refractivity contribution is -0.135. The van der Waals surface area contributed by atoms with Crippen LogP contribution in [0.2, 0.25) is 0 Å². The van der Waals surface area contributed by atoms with Crippen LogP contribution in [0.4, 0.5) is 0 Å². The highest BCUT2D eigenvalue weighted by molar-refractivity contribution is 5.77. The molecule has 0 aromatic carbocycles. The Balaban J connectivity index is 2.49. The monoisotopic (exact) mass is 214 g/mol. The van der Waals surface area contributed by atoms with Crippen molar-refractivity contribution in [1.29, 1.82) is 0 Å². The number of rotatable bonds is 4. The average Bonchev–Trinajstić information content (AvgIpc) is 2.19. The Kier molecular flexibility index (Phi) is 5.05. The zero-order valence-corrected chi connectivity index (χ0v) is 9.74.